The minimum Gasteiger partial charge on any atom is -0.392 e. The van der Waals surface area contributed by atoms with E-state index in [1.165, 1.54) is 0 Å². The highest BCUT2D eigenvalue weighted by atomic mass is 16.7. The summed E-state index contributed by atoms with van der Waals surface area (Å²) in [5.74, 6) is 0. The summed E-state index contributed by atoms with van der Waals surface area (Å²) >= 11 is 0. The number of aliphatic hydroxyl groups excluding tert-OH is 1. The van der Waals surface area contributed by atoms with Crippen LogP contribution in [0.1, 0.15) is 13.8 Å². The van der Waals surface area contributed by atoms with Crippen molar-refractivity contribution >= 4 is 6.72 Å². The summed E-state index contributed by atoms with van der Waals surface area (Å²) in [6, 6.07) is 0. The Kier molecular flexibility index (Phi) is 2.48. The predicted octanol–water partition coefficient (Wildman–Crippen LogP) is 0.390. The molecule has 0 heterocycles. The summed E-state index contributed by atoms with van der Waals surface area (Å²) in [6.07, 6.45) is 0. The SMILES string of the molecule is C=NOC(C)(C)CO. The maximum atomic E-state index is 8.51. The van der Waals surface area contributed by atoms with Gasteiger partial charge in [0.25, 0.3) is 0 Å². The molecule has 0 bridgehead atoms. The van der Waals surface area contributed by atoms with Crippen LogP contribution in [0.3, 0.4) is 0 Å². The largest absolute Gasteiger partial charge is 0.392 e. The van der Waals surface area contributed by atoms with Crippen LogP contribution in [-0.2, 0) is 4.84 Å². The average molecular weight is 117 g/mol. The molecule has 8 heavy (non-hydrogen) atoms. The van der Waals surface area contributed by atoms with Crippen LogP contribution in [0, 0.1) is 0 Å². The van der Waals surface area contributed by atoms with Gasteiger partial charge in [0.1, 0.15) is 0 Å². The molecule has 0 atom stereocenters. The zero-order valence-electron chi connectivity index (χ0n) is 5.22. The van der Waals surface area contributed by atoms with Crippen molar-refractivity contribution in [2.24, 2.45) is 5.16 Å². The maximum absolute atomic E-state index is 8.51. The molecule has 0 fully saturated rings. The first-order valence-corrected chi connectivity index (χ1v) is 2.37. The third-order valence-corrected chi connectivity index (χ3v) is 0.692. The van der Waals surface area contributed by atoms with E-state index in [-0.39, 0.29) is 6.61 Å². The van der Waals surface area contributed by atoms with Gasteiger partial charge >= 0.3 is 0 Å². The quantitative estimate of drug-likeness (QED) is 0.429. The van der Waals surface area contributed by atoms with E-state index < -0.39 is 5.60 Å². The molecule has 0 spiro atoms. The van der Waals surface area contributed by atoms with E-state index >= 15 is 0 Å². The van der Waals surface area contributed by atoms with E-state index in [0.29, 0.717) is 0 Å². The van der Waals surface area contributed by atoms with Crippen LogP contribution in [0.15, 0.2) is 5.16 Å². The Morgan fingerprint density at radius 1 is 1.75 bits per heavy atom. The number of hydrogen-bond donors (Lipinski definition) is 1. The lowest BCUT2D eigenvalue weighted by Gasteiger charge is -2.17. The van der Waals surface area contributed by atoms with E-state index in [1.807, 2.05) is 0 Å². The summed E-state index contributed by atoms with van der Waals surface area (Å²) in [4.78, 5) is 4.64. The smallest absolute Gasteiger partial charge is 0.155 e. The van der Waals surface area contributed by atoms with Crippen LogP contribution in [0.5, 0.6) is 0 Å². The highest BCUT2D eigenvalue weighted by Crippen LogP contribution is 2.05. The van der Waals surface area contributed by atoms with Crippen molar-refractivity contribution in [3.05, 3.63) is 0 Å². The van der Waals surface area contributed by atoms with E-state index in [0.717, 1.165) is 0 Å². The fourth-order valence-corrected chi connectivity index (χ4v) is 0.204. The second kappa shape index (κ2) is 2.67. The molecule has 0 aromatic carbocycles. The van der Waals surface area contributed by atoms with Gasteiger partial charge in [0.05, 0.1) is 6.61 Å². The number of aliphatic hydroxyl groups is 1. The molecular formula is C5H11NO2. The number of rotatable bonds is 3. The zero-order chi connectivity index (χ0) is 6.62. The fourth-order valence-electron chi connectivity index (χ4n) is 0.204. The monoisotopic (exact) mass is 117 g/mol. The first-order chi connectivity index (χ1) is 3.62. The minimum atomic E-state index is -0.582. The Hall–Kier alpha value is -0.570. The number of nitrogens with zero attached hydrogens (tertiary/aromatic N) is 1. The Bertz CT molecular complexity index is 80.5. The van der Waals surface area contributed by atoms with E-state index in [2.05, 4.69) is 16.7 Å². The zero-order valence-corrected chi connectivity index (χ0v) is 5.22. The van der Waals surface area contributed by atoms with Gasteiger partial charge in [-0.1, -0.05) is 0 Å². The summed E-state index contributed by atoms with van der Waals surface area (Å²) in [5.41, 5.74) is -0.582. The molecule has 0 radical (unpaired) electrons. The highest BCUT2D eigenvalue weighted by molar-refractivity contribution is 5.21. The van der Waals surface area contributed by atoms with Gasteiger partial charge in [0, 0.05) is 6.72 Å². The predicted molar refractivity (Wildman–Crippen MR) is 31.8 cm³/mol. The summed E-state index contributed by atoms with van der Waals surface area (Å²) in [7, 11) is 0. The lowest BCUT2D eigenvalue weighted by molar-refractivity contribution is -0.0501. The summed E-state index contributed by atoms with van der Waals surface area (Å²) in [6.45, 7) is 6.51. The van der Waals surface area contributed by atoms with Crippen molar-refractivity contribution in [2.45, 2.75) is 19.4 Å². The van der Waals surface area contributed by atoms with Gasteiger partial charge < -0.3 is 9.94 Å². The molecule has 0 aromatic rings. The van der Waals surface area contributed by atoms with Gasteiger partial charge in [-0.05, 0) is 13.8 Å². The third kappa shape index (κ3) is 2.58. The molecule has 3 nitrogen and oxygen atoms in total. The Morgan fingerprint density at radius 2 is 2.25 bits per heavy atom. The molecule has 3 heteroatoms. The van der Waals surface area contributed by atoms with Crippen molar-refractivity contribution < 1.29 is 9.94 Å². The molecule has 0 saturated heterocycles. The Labute approximate surface area is 49.0 Å². The lowest BCUT2D eigenvalue weighted by atomic mass is 10.2. The molecule has 0 aliphatic carbocycles. The van der Waals surface area contributed by atoms with Crippen LogP contribution in [0.2, 0.25) is 0 Å². The molecular weight excluding hydrogens is 106 g/mol. The van der Waals surface area contributed by atoms with Crippen molar-refractivity contribution in [1.29, 1.82) is 0 Å². The van der Waals surface area contributed by atoms with E-state index in [1.54, 1.807) is 13.8 Å². The average Bonchev–Trinajstić information content (AvgIpc) is 1.67. The Morgan fingerprint density at radius 3 is 2.38 bits per heavy atom. The fraction of sp³-hybridized carbons (Fsp3) is 0.800. The molecule has 1 N–H and O–H groups in total. The molecule has 0 amide bonds. The van der Waals surface area contributed by atoms with Crippen LogP contribution in [-0.4, -0.2) is 24.0 Å². The van der Waals surface area contributed by atoms with Crippen molar-refractivity contribution in [2.75, 3.05) is 6.61 Å². The van der Waals surface area contributed by atoms with Crippen LogP contribution in [0.4, 0.5) is 0 Å². The minimum absolute atomic E-state index is 0.0496. The van der Waals surface area contributed by atoms with Gasteiger partial charge in [0.2, 0.25) is 0 Å². The summed E-state index contributed by atoms with van der Waals surface area (Å²) in [5, 5.41) is 11.7. The topological polar surface area (TPSA) is 41.8 Å². The standard InChI is InChI=1S/C5H11NO2/c1-5(2,4-7)8-6-3/h7H,3-4H2,1-2H3. The van der Waals surface area contributed by atoms with Gasteiger partial charge in [-0.2, -0.15) is 0 Å². The second-order valence-corrected chi connectivity index (χ2v) is 2.14. The highest BCUT2D eigenvalue weighted by Gasteiger charge is 2.16. The molecule has 0 aromatic heterocycles. The maximum Gasteiger partial charge on any atom is 0.155 e. The molecule has 0 unspecified atom stereocenters. The van der Waals surface area contributed by atoms with Crippen LogP contribution >= 0.6 is 0 Å². The van der Waals surface area contributed by atoms with Crippen molar-refractivity contribution in [3.63, 3.8) is 0 Å². The van der Waals surface area contributed by atoms with E-state index in [4.69, 9.17) is 5.11 Å². The van der Waals surface area contributed by atoms with Gasteiger partial charge in [-0.3, -0.25) is 0 Å². The first-order valence-electron chi connectivity index (χ1n) is 2.37. The molecule has 0 rings (SSSR count). The van der Waals surface area contributed by atoms with E-state index in [9.17, 15) is 0 Å². The van der Waals surface area contributed by atoms with Crippen molar-refractivity contribution in [3.8, 4) is 0 Å². The lowest BCUT2D eigenvalue weighted by Crippen LogP contribution is -2.26. The first kappa shape index (κ1) is 7.43. The summed E-state index contributed by atoms with van der Waals surface area (Å²) < 4.78 is 0. The molecule has 0 aliphatic heterocycles. The van der Waals surface area contributed by atoms with Crippen LogP contribution < -0.4 is 0 Å². The molecule has 0 aliphatic rings. The van der Waals surface area contributed by atoms with Crippen molar-refractivity contribution in [1.82, 2.24) is 0 Å². The van der Waals surface area contributed by atoms with Gasteiger partial charge in [-0.25, -0.2) is 0 Å². The van der Waals surface area contributed by atoms with Gasteiger partial charge in [0.15, 0.2) is 5.60 Å². The van der Waals surface area contributed by atoms with Crippen LogP contribution in [0.25, 0.3) is 0 Å². The Balaban J connectivity index is 3.53. The molecule has 0 saturated carbocycles. The second-order valence-electron chi connectivity index (χ2n) is 2.14. The number of oxime groups is 1. The number of hydrogen-bond acceptors (Lipinski definition) is 3. The molecule has 48 valence electrons. The third-order valence-electron chi connectivity index (χ3n) is 0.692. The normalized spacial score (nSPS) is 10.9. The van der Waals surface area contributed by atoms with Gasteiger partial charge in [-0.15, -0.1) is 5.16 Å².